The van der Waals surface area contributed by atoms with E-state index in [9.17, 15) is 0 Å². The Labute approximate surface area is 307 Å². The van der Waals surface area contributed by atoms with E-state index in [0.717, 1.165) is 17.1 Å². The van der Waals surface area contributed by atoms with E-state index in [-0.39, 0.29) is 0 Å². The Morgan fingerprint density at radius 3 is 1.12 bits per heavy atom. The first-order valence-electron chi connectivity index (χ1n) is 18.8. The Bertz CT molecular complexity index is 1320. The predicted octanol–water partition coefficient (Wildman–Crippen LogP) is 14.5. The van der Waals surface area contributed by atoms with Crippen LogP contribution in [0.25, 0.3) is 4.85 Å². The third-order valence-corrected chi connectivity index (χ3v) is 8.68. The summed E-state index contributed by atoms with van der Waals surface area (Å²) in [5.41, 5.74) is 9.79. The molecule has 0 radical (unpaired) electrons. The van der Waals surface area contributed by atoms with Crippen molar-refractivity contribution >= 4 is 5.69 Å². The van der Waals surface area contributed by atoms with E-state index in [1.807, 2.05) is 24.7 Å². The van der Waals surface area contributed by atoms with Gasteiger partial charge in [-0.15, -0.1) is 0 Å². The normalized spacial score (nSPS) is 11.0. The number of benzene rings is 2. The van der Waals surface area contributed by atoms with E-state index < -0.39 is 0 Å². The van der Waals surface area contributed by atoms with Crippen LogP contribution in [0.15, 0.2) is 73.2 Å². The lowest BCUT2D eigenvalue weighted by molar-refractivity contribution is 0.754. The highest BCUT2D eigenvalue weighted by Crippen LogP contribution is 2.30. The van der Waals surface area contributed by atoms with Gasteiger partial charge in [-0.25, -0.2) is 14.8 Å². The molecule has 0 saturated carbocycles. The molecule has 4 aromatic rings. The van der Waals surface area contributed by atoms with Gasteiger partial charge in [0, 0.05) is 30.2 Å². The molecule has 0 atom stereocenters. The summed E-state index contributed by atoms with van der Waals surface area (Å²) in [6.07, 6.45) is 5.83. The zero-order valence-electron chi connectivity index (χ0n) is 34.3. The molecule has 0 bridgehead atoms. The second kappa shape index (κ2) is 22.1. The van der Waals surface area contributed by atoms with Crippen molar-refractivity contribution in [3.8, 4) is 0 Å². The summed E-state index contributed by atoms with van der Waals surface area (Å²) in [6, 6.07) is 19.5. The van der Waals surface area contributed by atoms with Crippen LogP contribution in [0.3, 0.4) is 0 Å². The summed E-state index contributed by atoms with van der Waals surface area (Å²) in [5, 5.41) is 0. The molecule has 0 unspecified atom stereocenters. The molecule has 0 amide bonds. The minimum Gasteiger partial charge on any atom is -0.261 e. The van der Waals surface area contributed by atoms with Crippen LogP contribution >= 0.6 is 0 Å². The molecule has 0 aliphatic heterocycles. The van der Waals surface area contributed by atoms with Crippen molar-refractivity contribution in [3.63, 3.8) is 0 Å². The molecule has 0 fully saturated rings. The van der Waals surface area contributed by atoms with Gasteiger partial charge in [-0.1, -0.05) is 165 Å². The van der Waals surface area contributed by atoms with Crippen molar-refractivity contribution < 1.29 is 0 Å². The minimum absolute atomic E-state index is 0.422. The lowest BCUT2D eigenvalue weighted by Gasteiger charge is -2.11. The fourth-order valence-electron chi connectivity index (χ4n) is 4.81. The van der Waals surface area contributed by atoms with Crippen molar-refractivity contribution in [3.05, 3.63) is 130 Å². The lowest BCUT2D eigenvalue weighted by Crippen LogP contribution is -1.99. The molecule has 0 spiro atoms. The largest absolute Gasteiger partial charge is 0.261 e. The highest BCUT2D eigenvalue weighted by Gasteiger charge is 2.09. The second-order valence-corrected chi connectivity index (χ2v) is 15.7. The Morgan fingerprint density at radius 1 is 0.400 bits per heavy atom. The molecule has 4 heteroatoms. The van der Waals surface area contributed by atoms with Crippen molar-refractivity contribution in [2.75, 3.05) is 0 Å². The highest BCUT2D eigenvalue weighted by molar-refractivity contribution is 5.56. The molecule has 2 aromatic carbocycles. The number of nitrogens with zero attached hydrogens (tertiary/aromatic N) is 4. The Balaban J connectivity index is 0.000000334. The van der Waals surface area contributed by atoms with E-state index in [2.05, 4.69) is 179 Å². The molecular formula is C46H68N4. The first kappa shape index (κ1) is 44.2. The number of pyridine rings is 1. The summed E-state index contributed by atoms with van der Waals surface area (Å²) in [4.78, 5) is 16.6. The van der Waals surface area contributed by atoms with Gasteiger partial charge in [0.25, 0.3) is 0 Å². The molecule has 0 aliphatic rings. The topological polar surface area (TPSA) is 43.0 Å². The van der Waals surface area contributed by atoms with Gasteiger partial charge in [-0.05, 0) is 75.3 Å². The van der Waals surface area contributed by atoms with Crippen LogP contribution in [-0.4, -0.2) is 15.0 Å². The van der Waals surface area contributed by atoms with E-state index in [1.165, 1.54) is 33.5 Å². The third kappa shape index (κ3) is 15.4. The Morgan fingerprint density at radius 2 is 0.800 bits per heavy atom. The summed E-state index contributed by atoms with van der Waals surface area (Å²) in [5.74, 6) is 5.20. The van der Waals surface area contributed by atoms with Crippen LogP contribution in [0.1, 0.15) is 203 Å². The van der Waals surface area contributed by atoms with Crippen LogP contribution in [0, 0.1) is 6.57 Å². The molecule has 50 heavy (non-hydrogen) atoms. The molecule has 0 saturated heterocycles. The van der Waals surface area contributed by atoms with Crippen LogP contribution in [0.4, 0.5) is 5.69 Å². The van der Waals surface area contributed by atoms with Crippen molar-refractivity contribution in [1.82, 2.24) is 15.0 Å². The highest BCUT2D eigenvalue weighted by atomic mass is 14.9. The maximum absolute atomic E-state index is 7.14. The van der Waals surface area contributed by atoms with Gasteiger partial charge in [0.1, 0.15) is 5.82 Å². The summed E-state index contributed by atoms with van der Waals surface area (Å²) >= 11 is 0. The van der Waals surface area contributed by atoms with Gasteiger partial charge in [0.2, 0.25) is 0 Å². The SMILES string of the molecule is CC(C)c1ccc(C(C)C)cc1.CC(C)c1ccc(C(C)C)nc1.CC(C)c1cnc(C(C)C)nc1.[C-]#[N+]c1cc(C(C)C)ccc1C(C)C. The summed E-state index contributed by atoms with van der Waals surface area (Å²) in [7, 11) is 0. The standard InChI is InChI=1S/C13H17N.C12H18.C11H17N.C10H16N2/c1-9(2)11-6-7-12(10(3)4)13(8-11)14-5;1-9(2)11-5-7-12(8-6-11)10(3)4;1-8(2)10-5-6-11(9(3)4)12-7-10;1-7(2)9-5-11-10(8(3)4)12-6-9/h6-10H,1-4H3;5-10H,1-4H3;5-9H,1-4H3;5-8H,1-4H3. The summed E-state index contributed by atoms with van der Waals surface area (Å²) in [6.45, 7) is 41.8. The van der Waals surface area contributed by atoms with Gasteiger partial charge in [0.05, 0.1) is 6.57 Å². The van der Waals surface area contributed by atoms with E-state index in [1.54, 1.807) is 0 Å². The van der Waals surface area contributed by atoms with Gasteiger partial charge < -0.3 is 0 Å². The zero-order chi connectivity index (χ0) is 38.1. The van der Waals surface area contributed by atoms with Crippen molar-refractivity contribution in [2.45, 2.75) is 158 Å². The third-order valence-electron chi connectivity index (χ3n) is 8.68. The molecule has 4 nitrogen and oxygen atoms in total. The quantitative estimate of drug-likeness (QED) is 0.174. The number of hydrogen-bond acceptors (Lipinski definition) is 3. The molecule has 0 N–H and O–H groups in total. The minimum atomic E-state index is 0.422. The van der Waals surface area contributed by atoms with E-state index in [4.69, 9.17) is 6.57 Å². The van der Waals surface area contributed by atoms with Crippen LogP contribution in [-0.2, 0) is 0 Å². The maximum Gasteiger partial charge on any atom is 0.190 e. The zero-order valence-corrected chi connectivity index (χ0v) is 34.3. The first-order valence-corrected chi connectivity index (χ1v) is 18.8. The number of rotatable bonds is 8. The van der Waals surface area contributed by atoms with E-state index >= 15 is 0 Å². The lowest BCUT2D eigenvalue weighted by atomic mass is 9.95. The second-order valence-electron chi connectivity index (χ2n) is 15.7. The molecule has 0 aliphatic carbocycles. The smallest absolute Gasteiger partial charge is 0.190 e. The monoisotopic (exact) mass is 677 g/mol. The van der Waals surface area contributed by atoms with Crippen LogP contribution in [0.5, 0.6) is 0 Å². The predicted molar refractivity (Wildman–Crippen MR) is 218 cm³/mol. The van der Waals surface area contributed by atoms with Gasteiger partial charge in [-0.2, -0.15) is 0 Å². The first-order chi connectivity index (χ1) is 23.4. The number of aromatic nitrogens is 3. The maximum atomic E-state index is 7.14. The number of hydrogen-bond donors (Lipinski definition) is 0. The Kier molecular flexibility index (Phi) is 19.5. The van der Waals surface area contributed by atoms with Crippen LogP contribution < -0.4 is 0 Å². The fraction of sp³-hybridized carbons (Fsp3) is 0.522. The molecule has 2 aromatic heterocycles. The Hall–Kier alpha value is -3.84. The fourth-order valence-corrected chi connectivity index (χ4v) is 4.81. The van der Waals surface area contributed by atoms with E-state index in [0.29, 0.717) is 47.3 Å². The van der Waals surface area contributed by atoms with Crippen LogP contribution in [0.2, 0.25) is 0 Å². The van der Waals surface area contributed by atoms with Crippen molar-refractivity contribution in [1.29, 1.82) is 0 Å². The average Bonchev–Trinajstić information content (AvgIpc) is 3.08. The summed E-state index contributed by atoms with van der Waals surface area (Å²) < 4.78 is 0. The van der Waals surface area contributed by atoms with Gasteiger partial charge >= 0.3 is 0 Å². The molecule has 272 valence electrons. The van der Waals surface area contributed by atoms with Crippen molar-refractivity contribution in [2.24, 2.45) is 0 Å². The van der Waals surface area contributed by atoms with Gasteiger partial charge in [0.15, 0.2) is 5.69 Å². The molecule has 2 heterocycles. The average molecular weight is 677 g/mol. The molecule has 4 rings (SSSR count). The van der Waals surface area contributed by atoms with Gasteiger partial charge in [-0.3, -0.25) is 4.98 Å². The molecular weight excluding hydrogens is 609 g/mol.